The molecule has 2 aromatic carbocycles. The van der Waals surface area contributed by atoms with Crippen molar-refractivity contribution in [3.63, 3.8) is 0 Å². The average molecular weight is 413 g/mol. The van der Waals surface area contributed by atoms with Gasteiger partial charge in [0.25, 0.3) is 23.2 Å². The predicted molar refractivity (Wildman–Crippen MR) is 96.8 cm³/mol. The Hall–Kier alpha value is -4.48. The zero-order valence-corrected chi connectivity index (χ0v) is 15.0. The van der Waals surface area contributed by atoms with Gasteiger partial charge in [-0.25, -0.2) is 0 Å². The van der Waals surface area contributed by atoms with Gasteiger partial charge in [0.15, 0.2) is 6.61 Å². The van der Waals surface area contributed by atoms with Crippen LogP contribution in [0.15, 0.2) is 42.5 Å². The molecule has 2 amide bonds. The van der Waals surface area contributed by atoms with Crippen LogP contribution in [0.3, 0.4) is 0 Å². The van der Waals surface area contributed by atoms with Crippen LogP contribution in [-0.4, -0.2) is 51.5 Å². The summed E-state index contributed by atoms with van der Waals surface area (Å²) >= 11 is 0. The quantitative estimate of drug-likeness (QED) is 0.215. The average Bonchev–Trinajstić information content (AvgIpc) is 2.96. The van der Waals surface area contributed by atoms with Gasteiger partial charge in [-0.3, -0.25) is 44.3 Å². The molecule has 0 saturated carbocycles. The summed E-state index contributed by atoms with van der Waals surface area (Å²) in [5.41, 5.74) is -1.58. The SMILES string of the molecule is O=C(CN1C(=O)c2cccc([N+](=O)[O-])c2C1=O)OCC(=O)c1cccc([N+](=O)[O-])c1. The standard InChI is InChI=1S/C18H11N3O9/c22-14(10-3-1-4-11(7-10)20(26)27)9-30-15(23)8-19-17(24)12-5-2-6-13(21(28)29)16(12)18(19)25/h1-7H,8-9H2. The fourth-order valence-electron chi connectivity index (χ4n) is 2.81. The summed E-state index contributed by atoms with van der Waals surface area (Å²) in [5.74, 6) is -3.76. The minimum absolute atomic E-state index is 0.0617. The maximum Gasteiger partial charge on any atom is 0.326 e. The molecule has 1 heterocycles. The van der Waals surface area contributed by atoms with E-state index in [1.807, 2.05) is 0 Å². The molecule has 0 saturated heterocycles. The van der Waals surface area contributed by atoms with E-state index in [1.165, 1.54) is 30.3 Å². The van der Waals surface area contributed by atoms with E-state index in [9.17, 15) is 39.4 Å². The molecule has 0 spiro atoms. The number of fused-ring (bicyclic) bond motifs is 1. The fraction of sp³-hybridized carbons (Fsp3) is 0.111. The van der Waals surface area contributed by atoms with Gasteiger partial charge < -0.3 is 4.74 Å². The van der Waals surface area contributed by atoms with E-state index in [2.05, 4.69) is 0 Å². The van der Waals surface area contributed by atoms with Crippen LogP contribution >= 0.6 is 0 Å². The van der Waals surface area contributed by atoms with Crippen molar-refractivity contribution in [2.75, 3.05) is 13.2 Å². The lowest BCUT2D eigenvalue weighted by molar-refractivity contribution is -0.385. The number of esters is 1. The lowest BCUT2D eigenvalue weighted by Crippen LogP contribution is -2.36. The van der Waals surface area contributed by atoms with Crippen molar-refractivity contribution in [2.24, 2.45) is 0 Å². The highest BCUT2D eigenvalue weighted by Gasteiger charge is 2.41. The number of rotatable bonds is 7. The Morgan fingerprint density at radius 3 is 2.33 bits per heavy atom. The molecule has 0 atom stereocenters. The van der Waals surface area contributed by atoms with E-state index in [0.717, 1.165) is 12.1 Å². The summed E-state index contributed by atoms with van der Waals surface area (Å²) in [6, 6.07) is 8.31. The van der Waals surface area contributed by atoms with Crippen LogP contribution in [0.4, 0.5) is 11.4 Å². The number of nitro benzene ring substituents is 2. The molecule has 0 aliphatic carbocycles. The third kappa shape index (κ3) is 3.73. The molecule has 3 rings (SSSR count). The first-order chi connectivity index (χ1) is 14.2. The summed E-state index contributed by atoms with van der Waals surface area (Å²) in [6.45, 7) is -1.63. The first kappa shape index (κ1) is 20.3. The van der Waals surface area contributed by atoms with Crippen molar-refractivity contribution in [2.45, 2.75) is 0 Å². The Labute approximate surface area is 166 Å². The zero-order chi connectivity index (χ0) is 22.0. The van der Waals surface area contributed by atoms with Crippen LogP contribution < -0.4 is 0 Å². The summed E-state index contributed by atoms with van der Waals surface area (Å²) < 4.78 is 4.76. The van der Waals surface area contributed by atoms with E-state index in [-0.39, 0.29) is 16.8 Å². The summed E-state index contributed by atoms with van der Waals surface area (Å²) in [4.78, 5) is 69.6. The van der Waals surface area contributed by atoms with Gasteiger partial charge in [0, 0.05) is 23.8 Å². The smallest absolute Gasteiger partial charge is 0.326 e. The van der Waals surface area contributed by atoms with Crippen LogP contribution in [0, 0.1) is 20.2 Å². The Bertz CT molecular complexity index is 1130. The zero-order valence-electron chi connectivity index (χ0n) is 15.0. The van der Waals surface area contributed by atoms with Crippen molar-refractivity contribution in [3.8, 4) is 0 Å². The molecule has 0 aromatic heterocycles. The van der Waals surface area contributed by atoms with Crippen LogP contribution in [-0.2, 0) is 9.53 Å². The molecule has 30 heavy (non-hydrogen) atoms. The number of nitro groups is 2. The highest BCUT2D eigenvalue weighted by atomic mass is 16.6. The molecule has 0 unspecified atom stereocenters. The van der Waals surface area contributed by atoms with Gasteiger partial charge in [-0.05, 0) is 6.07 Å². The number of imide groups is 1. The molecular formula is C18H11N3O9. The first-order valence-corrected chi connectivity index (χ1v) is 8.27. The minimum Gasteiger partial charge on any atom is -0.456 e. The summed E-state index contributed by atoms with van der Waals surface area (Å²) in [7, 11) is 0. The number of ketones is 1. The second-order valence-electron chi connectivity index (χ2n) is 6.04. The summed E-state index contributed by atoms with van der Waals surface area (Å²) in [6.07, 6.45) is 0. The predicted octanol–water partition coefficient (Wildman–Crippen LogP) is 1.53. The molecule has 0 radical (unpaired) electrons. The van der Waals surface area contributed by atoms with Gasteiger partial charge in [-0.1, -0.05) is 18.2 Å². The van der Waals surface area contributed by atoms with Gasteiger partial charge in [0.1, 0.15) is 12.1 Å². The topological polar surface area (TPSA) is 167 Å². The monoisotopic (exact) mass is 413 g/mol. The Balaban J connectivity index is 1.66. The normalized spacial score (nSPS) is 12.5. The van der Waals surface area contributed by atoms with Gasteiger partial charge >= 0.3 is 5.97 Å². The molecule has 152 valence electrons. The molecule has 1 aliphatic rings. The summed E-state index contributed by atoms with van der Waals surface area (Å²) in [5, 5.41) is 21.8. The van der Waals surface area contributed by atoms with Gasteiger partial charge in [0.2, 0.25) is 5.78 Å². The molecule has 0 N–H and O–H groups in total. The molecule has 1 aliphatic heterocycles. The number of carbonyl (C=O) groups excluding carboxylic acids is 4. The number of hydrogen-bond acceptors (Lipinski definition) is 9. The second-order valence-corrected chi connectivity index (χ2v) is 6.04. The number of hydrogen-bond donors (Lipinski definition) is 0. The van der Waals surface area contributed by atoms with E-state index in [4.69, 9.17) is 4.74 Å². The number of Topliss-reactive ketones (excluding diaryl/α,β-unsaturated/α-hetero) is 1. The van der Waals surface area contributed by atoms with Crippen LogP contribution in [0.2, 0.25) is 0 Å². The van der Waals surface area contributed by atoms with Crippen molar-refractivity contribution in [3.05, 3.63) is 79.4 Å². The molecule has 12 nitrogen and oxygen atoms in total. The number of non-ortho nitro benzene ring substituents is 1. The van der Waals surface area contributed by atoms with Crippen molar-refractivity contribution >= 4 is 34.9 Å². The molecule has 0 fully saturated rings. The van der Waals surface area contributed by atoms with E-state index < -0.39 is 57.8 Å². The number of amides is 2. The molecule has 2 aromatic rings. The maximum absolute atomic E-state index is 12.4. The molecule has 0 bridgehead atoms. The first-order valence-electron chi connectivity index (χ1n) is 8.27. The van der Waals surface area contributed by atoms with Crippen LogP contribution in [0.5, 0.6) is 0 Å². The largest absolute Gasteiger partial charge is 0.456 e. The van der Waals surface area contributed by atoms with Gasteiger partial charge in [0.05, 0.1) is 15.4 Å². The van der Waals surface area contributed by atoms with E-state index >= 15 is 0 Å². The minimum atomic E-state index is -1.11. The fourth-order valence-corrected chi connectivity index (χ4v) is 2.81. The molecular weight excluding hydrogens is 402 g/mol. The Kier molecular flexibility index (Phi) is 5.31. The number of carbonyl (C=O) groups is 4. The molecule has 12 heteroatoms. The highest BCUT2D eigenvalue weighted by molar-refractivity contribution is 6.24. The van der Waals surface area contributed by atoms with Crippen molar-refractivity contribution in [1.82, 2.24) is 4.90 Å². The van der Waals surface area contributed by atoms with Crippen molar-refractivity contribution < 1.29 is 33.8 Å². The number of nitrogens with zero attached hydrogens (tertiary/aromatic N) is 3. The van der Waals surface area contributed by atoms with Crippen LogP contribution in [0.25, 0.3) is 0 Å². The highest BCUT2D eigenvalue weighted by Crippen LogP contribution is 2.30. The number of benzene rings is 2. The lowest BCUT2D eigenvalue weighted by atomic mass is 10.1. The Morgan fingerprint density at radius 2 is 1.67 bits per heavy atom. The van der Waals surface area contributed by atoms with Crippen molar-refractivity contribution in [1.29, 1.82) is 0 Å². The second kappa shape index (κ2) is 7.87. The van der Waals surface area contributed by atoms with E-state index in [1.54, 1.807) is 0 Å². The Morgan fingerprint density at radius 1 is 0.967 bits per heavy atom. The third-order valence-corrected chi connectivity index (χ3v) is 4.20. The van der Waals surface area contributed by atoms with Crippen LogP contribution in [0.1, 0.15) is 31.1 Å². The number of ether oxygens (including phenoxy) is 1. The third-order valence-electron chi connectivity index (χ3n) is 4.20. The lowest BCUT2D eigenvalue weighted by Gasteiger charge is -2.12. The van der Waals surface area contributed by atoms with Gasteiger partial charge in [-0.15, -0.1) is 0 Å². The van der Waals surface area contributed by atoms with Gasteiger partial charge in [-0.2, -0.15) is 0 Å². The van der Waals surface area contributed by atoms with E-state index in [0.29, 0.717) is 4.90 Å². The maximum atomic E-state index is 12.4.